The van der Waals surface area contributed by atoms with Crippen LogP contribution in [-0.2, 0) is 5.41 Å². The van der Waals surface area contributed by atoms with Crippen molar-refractivity contribution in [2.75, 3.05) is 0 Å². The highest BCUT2D eigenvalue weighted by atomic mass is 15.0. The first kappa shape index (κ1) is 33.2. The summed E-state index contributed by atoms with van der Waals surface area (Å²) in [5, 5.41) is 5.01. The van der Waals surface area contributed by atoms with Crippen molar-refractivity contribution >= 4 is 49.2 Å². The molecular formula is C55H40N2. The molecule has 0 aliphatic heterocycles. The molecule has 0 atom stereocenters. The standard InChI is InChI=1S/C55H40N2/c1-3-17-49-37(2)44-31-30-43(36-50(44)55(49,40-18-7-4-8-19-40)41-20-9-5-10-21-41)57-52-27-16-14-25-46(52)48-35-39(29-33-54(48)57)38-28-32-53-47(34-38)45-24-13-15-26-51(45)56(53)42-22-11-6-12-23-42/h3-36H,1-2H3/b17-3-. The number of hydrogen-bond donors (Lipinski definition) is 0. The Hall–Kier alpha value is -7.16. The van der Waals surface area contributed by atoms with E-state index in [-0.39, 0.29) is 0 Å². The van der Waals surface area contributed by atoms with Crippen LogP contribution in [0.25, 0.3) is 71.7 Å². The molecule has 1 aliphatic rings. The molecule has 0 N–H and O–H groups in total. The maximum Gasteiger partial charge on any atom is 0.0710 e. The van der Waals surface area contributed by atoms with Crippen LogP contribution >= 0.6 is 0 Å². The van der Waals surface area contributed by atoms with E-state index >= 15 is 0 Å². The highest BCUT2D eigenvalue weighted by molar-refractivity contribution is 6.12. The molecule has 270 valence electrons. The quantitative estimate of drug-likeness (QED) is 0.161. The number of benzene rings is 8. The number of aromatic nitrogens is 2. The van der Waals surface area contributed by atoms with Crippen LogP contribution in [-0.4, -0.2) is 9.13 Å². The second kappa shape index (κ2) is 13.0. The minimum absolute atomic E-state index is 0.460. The molecule has 0 saturated heterocycles. The summed E-state index contributed by atoms with van der Waals surface area (Å²) in [7, 11) is 0. The van der Waals surface area contributed by atoms with Crippen molar-refractivity contribution in [3.05, 3.63) is 234 Å². The van der Waals surface area contributed by atoms with Gasteiger partial charge in [-0.3, -0.25) is 0 Å². The van der Waals surface area contributed by atoms with Crippen molar-refractivity contribution in [3.63, 3.8) is 0 Å². The Morgan fingerprint density at radius 3 is 1.44 bits per heavy atom. The van der Waals surface area contributed by atoms with Gasteiger partial charge in [-0.05, 0) is 119 Å². The van der Waals surface area contributed by atoms with Gasteiger partial charge in [0.25, 0.3) is 0 Å². The normalized spacial score (nSPS) is 13.8. The first-order chi connectivity index (χ1) is 28.2. The molecule has 0 amide bonds. The SMILES string of the molecule is C/C=C\C1=C(C)c2ccc(-n3c4ccccc4c4cc(-c5ccc6c(c5)c5ccccc5n6-c5ccccc5)ccc43)cc2C1(c1ccccc1)c1ccccc1. The zero-order chi connectivity index (χ0) is 38.1. The molecule has 0 unspecified atom stereocenters. The molecule has 2 heteroatoms. The van der Waals surface area contributed by atoms with E-state index in [0.29, 0.717) is 0 Å². The Kier molecular flexibility index (Phi) is 7.55. The van der Waals surface area contributed by atoms with Gasteiger partial charge in [-0.2, -0.15) is 0 Å². The van der Waals surface area contributed by atoms with Crippen molar-refractivity contribution in [3.8, 4) is 22.5 Å². The molecule has 0 radical (unpaired) electrons. The van der Waals surface area contributed by atoms with Crippen LogP contribution in [0.3, 0.4) is 0 Å². The summed E-state index contributed by atoms with van der Waals surface area (Å²) in [6.45, 7) is 4.42. The molecule has 1 aliphatic carbocycles. The van der Waals surface area contributed by atoms with Crippen molar-refractivity contribution in [2.24, 2.45) is 0 Å². The van der Waals surface area contributed by atoms with Crippen molar-refractivity contribution < 1.29 is 0 Å². The van der Waals surface area contributed by atoms with E-state index in [1.165, 1.54) is 93.8 Å². The Bertz CT molecular complexity index is 3190. The van der Waals surface area contributed by atoms with Gasteiger partial charge in [-0.15, -0.1) is 0 Å². The van der Waals surface area contributed by atoms with E-state index in [4.69, 9.17) is 0 Å². The fourth-order valence-corrected chi connectivity index (χ4v) is 9.90. The first-order valence-corrected chi connectivity index (χ1v) is 19.9. The van der Waals surface area contributed by atoms with Gasteiger partial charge < -0.3 is 9.13 Å². The predicted octanol–water partition coefficient (Wildman–Crippen LogP) is 14.2. The van der Waals surface area contributed by atoms with Crippen LogP contribution in [0, 0.1) is 0 Å². The monoisotopic (exact) mass is 728 g/mol. The third-order valence-corrected chi connectivity index (χ3v) is 12.3. The van der Waals surface area contributed by atoms with Crippen LogP contribution < -0.4 is 0 Å². The van der Waals surface area contributed by atoms with E-state index < -0.39 is 5.41 Å². The summed E-state index contributed by atoms with van der Waals surface area (Å²) in [5.41, 5.74) is 16.9. The van der Waals surface area contributed by atoms with Crippen LogP contribution in [0.5, 0.6) is 0 Å². The summed E-state index contributed by atoms with van der Waals surface area (Å²) in [6, 6.07) is 71.5. The third kappa shape index (κ3) is 4.84. The van der Waals surface area contributed by atoms with Gasteiger partial charge in [0.15, 0.2) is 0 Å². The molecule has 2 nitrogen and oxygen atoms in total. The van der Waals surface area contributed by atoms with Gasteiger partial charge in [0.1, 0.15) is 0 Å². The molecule has 2 heterocycles. The van der Waals surface area contributed by atoms with Crippen LogP contribution in [0.15, 0.2) is 212 Å². The maximum atomic E-state index is 2.47. The maximum absolute atomic E-state index is 2.47. The first-order valence-electron chi connectivity index (χ1n) is 19.9. The van der Waals surface area contributed by atoms with Crippen molar-refractivity contribution in [1.29, 1.82) is 0 Å². The third-order valence-electron chi connectivity index (χ3n) is 12.3. The van der Waals surface area contributed by atoms with Gasteiger partial charge in [0.05, 0.1) is 27.5 Å². The fraction of sp³-hybridized carbons (Fsp3) is 0.0545. The molecule has 11 rings (SSSR count). The van der Waals surface area contributed by atoms with Gasteiger partial charge in [-0.1, -0.05) is 146 Å². The number of rotatable bonds is 6. The molecular weight excluding hydrogens is 689 g/mol. The average Bonchev–Trinajstić information content (AvgIpc) is 3.87. The molecule has 10 aromatic rings. The largest absolute Gasteiger partial charge is 0.309 e. The fourth-order valence-electron chi connectivity index (χ4n) is 9.90. The Morgan fingerprint density at radius 1 is 0.421 bits per heavy atom. The number of fused-ring (bicyclic) bond motifs is 7. The number of nitrogens with zero attached hydrogens (tertiary/aromatic N) is 2. The zero-order valence-electron chi connectivity index (χ0n) is 32.0. The van der Waals surface area contributed by atoms with E-state index in [1.54, 1.807) is 0 Å². The predicted molar refractivity (Wildman–Crippen MR) is 241 cm³/mol. The van der Waals surface area contributed by atoms with Crippen LogP contribution in [0.1, 0.15) is 36.1 Å². The lowest BCUT2D eigenvalue weighted by Crippen LogP contribution is -2.29. The average molecular weight is 729 g/mol. The van der Waals surface area contributed by atoms with Gasteiger partial charge in [0.2, 0.25) is 0 Å². The van der Waals surface area contributed by atoms with E-state index in [2.05, 4.69) is 229 Å². The van der Waals surface area contributed by atoms with E-state index in [1.807, 2.05) is 0 Å². The Morgan fingerprint density at radius 2 is 0.895 bits per heavy atom. The summed E-state index contributed by atoms with van der Waals surface area (Å²) in [4.78, 5) is 0. The molecule has 8 aromatic carbocycles. The van der Waals surface area contributed by atoms with Crippen molar-refractivity contribution in [1.82, 2.24) is 9.13 Å². The molecule has 57 heavy (non-hydrogen) atoms. The lowest BCUT2D eigenvalue weighted by molar-refractivity contribution is 0.760. The topological polar surface area (TPSA) is 9.86 Å². The Balaban J connectivity index is 1.11. The van der Waals surface area contributed by atoms with Gasteiger partial charge in [0, 0.05) is 32.9 Å². The second-order valence-electron chi connectivity index (χ2n) is 15.3. The number of para-hydroxylation sites is 3. The molecule has 2 aromatic heterocycles. The highest BCUT2D eigenvalue weighted by Crippen LogP contribution is 2.55. The molecule has 0 spiro atoms. The molecule has 0 saturated carbocycles. The molecule has 0 bridgehead atoms. The smallest absolute Gasteiger partial charge is 0.0710 e. The summed E-state index contributed by atoms with van der Waals surface area (Å²) in [5.74, 6) is 0. The van der Waals surface area contributed by atoms with E-state index in [9.17, 15) is 0 Å². The van der Waals surface area contributed by atoms with Gasteiger partial charge >= 0.3 is 0 Å². The Labute approximate surface area is 332 Å². The minimum atomic E-state index is -0.460. The minimum Gasteiger partial charge on any atom is -0.309 e. The summed E-state index contributed by atoms with van der Waals surface area (Å²) in [6.07, 6.45) is 4.52. The van der Waals surface area contributed by atoms with E-state index in [0.717, 1.165) is 5.69 Å². The van der Waals surface area contributed by atoms with Crippen molar-refractivity contribution in [2.45, 2.75) is 19.3 Å². The van der Waals surface area contributed by atoms with Gasteiger partial charge in [-0.25, -0.2) is 0 Å². The number of hydrogen-bond acceptors (Lipinski definition) is 0. The highest BCUT2D eigenvalue weighted by Gasteiger charge is 2.46. The molecule has 0 fully saturated rings. The van der Waals surface area contributed by atoms with Crippen LogP contribution in [0.2, 0.25) is 0 Å². The summed E-state index contributed by atoms with van der Waals surface area (Å²) >= 11 is 0. The van der Waals surface area contributed by atoms with Crippen LogP contribution in [0.4, 0.5) is 0 Å². The lowest BCUT2D eigenvalue weighted by atomic mass is 9.66. The lowest BCUT2D eigenvalue weighted by Gasteiger charge is -2.35. The summed E-state index contributed by atoms with van der Waals surface area (Å²) < 4.78 is 4.85. The number of allylic oxidation sites excluding steroid dienone is 4. The second-order valence-corrected chi connectivity index (χ2v) is 15.3. The zero-order valence-corrected chi connectivity index (χ0v) is 32.0.